The van der Waals surface area contributed by atoms with Gasteiger partial charge in [-0.15, -0.1) is 0 Å². The van der Waals surface area contributed by atoms with Crippen LogP contribution < -0.4 is 10.5 Å². The second-order valence-electron chi connectivity index (χ2n) is 15.0. The summed E-state index contributed by atoms with van der Waals surface area (Å²) in [6.07, 6.45) is 0.210. The third-order valence-corrected chi connectivity index (χ3v) is 12.2. The molecular formula is C49H50N3O7P. The summed E-state index contributed by atoms with van der Waals surface area (Å²) < 4.78 is 32.7. The predicted octanol–water partition coefficient (Wildman–Crippen LogP) is 9.16. The maximum atomic E-state index is 15.1. The summed E-state index contributed by atoms with van der Waals surface area (Å²) >= 11 is 0. The molecule has 3 amide bonds. The minimum Gasteiger partial charge on any atom is -0.481 e. The molecule has 1 aliphatic rings. The molecule has 0 saturated carbocycles. The Kier molecular flexibility index (Phi) is 14.2. The normalized spacial score (nSPS) is 16.8. The number of aliphatic hydroxyl groups is 1. The number of para-hydroxylation sites is 1. The molecule has 0 bridgehead atoms. The molecule has 3 N–H and O–H groups in total. The highest BCUT2D eigenvalue weighted by Crippen LogP contribution is 2.50. The smallest absolute Gasteiger partial charge is 0.368 e. The number of primary amides is 1. The Morgan fingerprint density at radius 3 is 1.73 bits per heavy atom. The van der Waals surface area contributed by atoms with E-state index in [1.165, 1.54) is 0 Å². The van der Waals surface area contributed by atoms with Crippen LogP contribution in [-0.4, -0.2) is 51.4 Å². The van der Waals surface area contributed by atoms with Gasteiger partial charge in [-0.3, -0.25) is 9.36 Å². The van der Waals surface area contributed by atoms with Gasteiger partial charge in [-0.1, -0.05) is 152 Å². The number of ether oxygens (including phenoxy) is 1. The minimum absolute atomic E-state index is 0.0584. The fourth-order valence-electron chi connectivity index (χ4n) is 7.55. The topological polar surface area (TPSA) is 132 Å². The lowest BCUT2D eigenvalue weighted by atomic mass is 9.88. The summed E-state index contributed by atoms with van der Waals surface area (Å²) in [7, 11) is -3.84. The fraction of sp³-hybridized carbons (Fsp3) is 0.224. The summed E-state index contributed by atoms with van der Waals surface area (Å²) in [5, 5.41) is 12.5. The number of rotatable bonds is 19. The van der Waals surface area contributed by atoms with Crippen LogP contribution in [-0.2, 0) is 52.8 Å². The standard InChI is InChI=1S/C49H50N3O7P/c50-48(54)42-26-15-24-41(30-42)32-51-44(29-28-37-16-5-1-6-17-37)47(53)45(31-38-18-7-2-8-19-38)52(49(51)55)33-43-25-13-14-27-46(43)57-36-60(56,58-34-39-20-9-3-10-21-39)59-35-40-22-11-4-12-23-40/h1-27,30,44-45,47,53H,28-29,31-36H2,(H2,50,54). The molecule has 1 fully saturated rings. The zero-order valence-electron chi connectivity index (χ0n) is 33.4. The van der Waals surface area contributed by atoms with E-state index in [2.05, 4.69) is 0 Å². The predicted molar refractivity (Wildman–Crippen MR) is 232 cm³/mol. The molecule has 3 atom stereocenters. The van der Waals surface area contributed by atoms with Gasteiger partial charge < -0.3 is 34.4 Å². The van der Waals surface area contributed by atoms with E-state index in [1.807, 2.05) is 146 Å². The maximum absolute atomic E-state index is 15.1. The van der Waals surface area contributed by atoms with Gasteiger partial charge in [0, 0.05) is 17.7 Å². The van der Waals surface area contributed by atoms with Crippen LogP contribution in [0.4, 0.5) is 4.79 Å². The number of amides is 3. The Morgan fingerprint density at radius 1 is 0.617 bits per heavy atom. The molecule has 0 aromatic heterocycles. The third kappa shape index (κ3) is 11.2. The first-order valence-corrected chi connectivity index (χ1v) is 21.9. The van der Waals surface area contributed by atoms with Crippen molar-refractivity contribution in [2.45, 2.75) is 63.8 Å². The van der Waals surface area contributed by atoms with Gasteiger partial charge in [0.2, 0.25) is 5.91 Å². The maximum Gasteiger partial charge on any atom is 0.368 e. The molecule has 7 rings (SSSR count). The van der Waals surface area contributed by atoms with E-state index in [1.54, 1.807) is 34.1 Å². The number of benzene rings is 6. The first kappa shape index (κ1) is 42.1. The molecule has 11 heteroatoms. The van der Waals surface area contributed by atoms with E-state index in [0.29, 0.717) is 41.7 Å². The van der Waals surface area contributed by atoms with Gasteiger partial charge >= 0.3 is 13.6 Å². The number of carbonyl (C=O) groups is 2. The number of urea groups is 1. The molecule has 60 heavy (non-hydrogen) atoms. The van der Waals surface area contributed by atoms with Crippen LogP contribution in [0.25, 0.3) is 0 Å². The second kappa shape index (κ2) is 20.3. The molecule has 308 valence electrons. The number of nitrogens with zero attached hydrogens (tertiary/aromatic N) is 2. The lowest BCUT2D eigenvalue weighted by molar-refractivity contribution is -0.0454. The highest BCUT2D eigenvalue weighted by Gasteiger charge is 2.46. The summed E-state index contributed by atoms with van der Waals surface area (Å²) in [6.45, 7) is 0.336. The molecule has 6 aromatic carbocycles. The van der Waals surface area contributed by atoms with E-state index in [4.69, 9.17) is 19.5 Å². The van der Waals surface area contributed by atoms with Crippen molar-refractivity contribution >= 4 is 19.5 Å². The lowest BCUT2D eigenvalue weighted by Gasteiger charge is -2.49. The number of hydrogen-bond donors (Lipinski definition) is 2. The van der Waals surface area contributed by atoms with Crippen LogP contribution in [0, 0.1) is 0 Å². The summed E-state index contributed by atoms with van der Waals surface area (Å²) in [4.78, 5) is 30.7. The van der Waals surface area contributed by atoms with E-state index in [0.717, 1.165) is 22.3 Å². The highest BCUT2D eigenvalue weighted by molar-refractivity contribution is 7.53. The average molecular weight is 824 g/mol. The van der Waals surface area contributed by atoms with Crippen LogP contribution in [0.15, 0.2) is 170 Å². The zero-order valence-corrected chi connectivity index (χ0v) is 34.3. The van der Waals surface area contributed by atoms with Gasteiger partial charge in [-0.25, -0.2) is 4.79 Å². The molecule has 3 unspecified atom stereocenters. The minimum atomic E-state index is -3.84. The van der Waals surface area contributed by atoms with Gasteiger partial charge in [0.25, 0.3) is 0 Å². The van der Waals surface area contributed by atoms with Crippen molar-refractivity contribution in [2.75, 3.05) is 6.35 Å². The quantitative estimate of drug-likeness (QED) is 0.0779. The van der Waals surface area contributed by atoms with E-state index < -0.39 is 31.7 Å². The van der Waals surface area contributed by atoms with Crippen LogP contribution in [0.5, 0.6) is 5.75 Å². The molecule has 6 aromatic rings. The van der Waals surface area contributed by atoms with Crippen molar-refractivity contribution in [3.63, 3.8) is 0 Å². The van der Waals surface area contributed by atoms with Crippen molar-refractivity contribution in [1.82, 2.24) is 9.80 Å². The Labute approximate surface area is 351 Å². The lowest BCUT2D eigenvalue weighted by Crippen LogP contribution is -2.66. The van der Waals surface area contributed by atoms with Crippen molar-refractivity contribution in [2.24, 2.45) is 5.73 Å². The van der Waals surface area contributed by atoms with E-state index in [-0.39, 0.29) is 38.7 Å². The van der Waals surface area contributed by atoms with E-state index >= 15 is 4.79 Å². The molecule has 1 aliphatic heterocycles. The van der Waals surface area contributed by atoms with Crippen LogP contribution in [0.2, 0.25) is 0 Å². The number of aliphatic hydroxyl groups excluding tert-OH is 1. The molecule has 10 nitrogen and oxygen atoms in total. The number of aryl methyl sites for hydroxylation is 1. The Morgan fingerprint density at radius 2 is 1.13 bits per heavy atom. The average Bonchev–Trinajstić information content (AvgIpc) is 3.29. The monoisotopic (exact) mass is 823 g/mol. The van der Waals surface area contributed by atoms with Crippen LogP contribution in [0.1, 0.15) is 50.2 Å². The molecule has 0 aliphatic carbocycles. The Hall–Kier alpha value is -6.03. The Bertz CT molecular complexity index is 2300. The molecule has 1 saturated heterocycles. The van der Waals surface area contributed by atoms with Crippen molar-refractivity contribution in [3.8, 4) is 5.75 Å². The second-order valence-corrected chi connectivity index (χ2v) is 16.9. The van der Waals surface area contributed by atoms with Gasteiger partial charge in [0.05, 0.1) is 37.9 Å². The van der Waals surface area contributed by atoms with Crippen molar-refractivity contribution in [1.29, 1.82) is 0 Å². The molecule has 0 radical (unpaired) electrons. The van der Waals surface area contributed by atoms with E-state index in [9.17, 15) is 14.5 Å². The van der Waals surface area contributed by atoms with Crippen molar-refractivity contribution in [3.05, 3.63) is 209 Å². The first-order chi connectivity index (χ1) is 29.2. The van der Waals surface area contributed by atoms with Gasteiger partial charge in [0.1, 0.15) is 5.75 Å². The molecular weight excluding hydrogens is 774 g/mol. The van der Waals surface area contributed by atoms with Crippen LogP contribution in [0.3, 0.4) is 0 Å². The number of carbonyl (C=O) groups excluding carboxylic acids is 2. The number of nitrogens with two attached hydrogens (primary N) is 1. The van der Waals surface area contributed by atoms with Gasteiger partial charge in [0.15, 0.2) is 6.35 Å². The Balaban J connectivity index is 1.18. The van der Waals surface area contributed by atoms with Crippen molar-refractivity contribution < 1.29 is 33.0 Å². The SMILES string of the molecule is NC(=O)c1cccc(CN2C(=O)N(Cc3ccccc3OCP(=O)(OCc3ccccc3)OCc3ccccc3)C(Cc3ccccc3)C(O)C2CCc2ccccc2)c1. The number of hydrogen-bond acceptors (Lipinski definition) is 7. The zero-order chi connectivity index (χ0) is 41.7. The van der Waals surface area contributed by atoms with Crippen LogP contribution >= 0.6 is 7.60 Å². The largest absolute Gasteiger partial charge is 0.481 e. The van der Waals surface area contributed by atoms with Gasteiger partial charge in [-0.05, 0) is 65.3 Å². The highest BCUT2D eigenvalue weighted by atomic mass is 31.2. The summed E-state index contributed by atoms with van der Waals surface area (Å²) in [6, 6.07) is 51.5. The summed E-state index contributed by atoms with van der Waals surface area (Å²) in [5.74, 6) is -0.166. The molecule has 0 spiro atoms. The third-order valence-electron chi connectivity index (χ3n) is 10.7. The van der Waals surface area contributed by atoms with Gasteiger partial charge in [-0.2, -0.15) is 0 Å². The fourth-order valence-corrected chi connectivity index (χ4v) is 8.76. The molecule has 1 heterocycles. The summed E-state index contributed by atoms with van der Waals surface area (Å²) in [5.41, 5.74) is 11.1. The first-order valence-electron chi connectivity index (χ1n) is 20.1.